The lowest BCUT2D eigenvalue weighted by Crippen LogP contribution is -2.31. The van der Waals surface area contributed by atoms with Crippen LogP contribution < -0.4 is 10.5 Å². The van der Waals surface area contributed by atoms with Crippen molar-refractivity contribution in [3.8, 4) is 0 Å². The Morgan fingerprint density at radius 2 is 1.17 bits per heavy atom. The Bertz CT molecular complexity index is 582. The topological polar surface area (TPSA) is 109 Å². The van der Waals surface area contributed by atoms with Crippen molar-refractivity contribution < 1.29 is 24.0 Å². The fourth-order valence-electron chi connectivity index (χ4n) is 3.18. The summed E-state index contributed by atoms with van der Waals surface area (Å²) in [5.41, 5.74) is -1.32. The second-order valence-electron chi connectivity index (χ2n) is 8.77. The Morgan fingerprint density at radius 3 is 1.57 bits per heavy atom. The van der Waals surface area contributed by atoms with Gasteiger partial charge in [-0.15, -0.1) is 0 Å². The molecule has 0 unspecified atom stereocenters. The van der Waals surface area contributed by atoms with Gasteiger partial charge >= 0.3 is 0 Å². The highest BCUT2D eigenvalue weighted by molar-refractivity contribution is 6.20. The lowest BCUT2D eigenvalue weighted by molar-refractivity contribution is -0.130. The highest BCUT2D eigenvalue weighted by Crippen LogP contribution is 2.40. The summed E-state index contributed by atoms with van der Waals surface area (Å²) < 4.78 is 0. The maximum absolute atomic E-state index is 12.7. The molecule has 0 heterocycles. The van der Waals surface area contributed by atoms with Crippen LogP contribution in [0.25, 0.3) is 0 Å². The molecule has 10 heteroatoms. The van der Waals surface area contributed by atoms with Crippen molar-refractivity contribution >= 4 is 53.0 Å². The molecule has 0 aliphatic rings. The molecule has 2 amide bonds. The molecule has 0 aromatic heterocycles. The Balaban J connectivity index is 5.47. The Morgan fingerprint density at radius 1 is 0.700 bits per heavy atom. The zero-order chi connectivity index (χ0) is 23.4. The van der Waals surface area contributed by atoms with Gasteiger partial charge in [-0.2, -0.15) is 0 Å². The molecule has 0 aliphatic heterocycles. The van der Waals surface area contributed by atoms with Gasteiger partial charge in [0, 0.05) is 43.9 Å². The van der Waals surface area contributed by atoms with E-state index >= 15 is 0 Å². The van der Waals surface area contributed by atoms with E-state index in [0.717, 1.165) is 0 Å². The normalized spacial score (nSPS) is 11.6. The van der Waals surface area contributed by atoms with Crippen molar-refractivity contribution in [2.45, 2.75) is 84.9 Å². The van der Waals surface area contributed by atoms with Crippen molar-refractivity contribution in [2.24, 2.45) is 10.8 Å². The molecule has 0 spiro atoms. The van der Waals surface area contributed by atoms with E-state index in [1.807, 2.05) is 10.5 Å². The van der Waals surface area contributed by atoms with Crippen molar-refractivity contribution in [3.63, 3.8) is 0 Å². The van der Waals surface area contributed by atoms with Gasteiger partial charge in [-0.3, -0.25) is 19.2 Å². The molecule has 6 radical (unpaired) electrons. The second kappa shape index (κ2) is 13.4. The van der Waals surface area contributed by atoms with E-state index in [-0.39, 0.29) is 81.5 Å². The molecule has 0 aromatic carbocycles. The Hall–Kier alpha value is -1.86. The van der Waals surface area contributed by atoms with Crippen molar-refractivity contribution in [1.29, 1.82) is 0 Å². The molecule has 30 heavy (non-hydrogen) atoms. The van der Waals surface area contributed by atoms with Crippen LogP contribution >= 0.6 is 0 Å². The van der Waals surface area contributed by atoms with E-state index in [0.29, 0.717) is 0 Å². The number of rotatable bonds is 15. The molecular weight excluding hydrogens is 381 g/mol. The fourth-order valence-corrected chi connectivity index (χ4v) is 3.18. The number of amides is 2. The van der Waals surface area contributed by atoms with Crippen LogP contribution in [0, 0.1) is 10.8 Å². The summed E-state index contributed by atoms with van der Waals surface area (Å²) in [6.07, 6.45) is 1.08. The predicted molar refractivity (Wildman–Crippen MR) is 117 cm³/mol. The van der Waals surface area contributed by atoms with Crippen LogP contribution in [0.1, 0.15) is 78.6 Å². The molecule has 0 aliphatic carbocycles. The summed E-state index contributed by atoms with van der Waals surface area (Å²) in [6.45, 7) is 5.37. The minimum atomic E-state index is -0.786. The second-order valence-corrected chi connectivity index (χ2v) is 8.77. The van der Waals surface area contributed by atoms with E-state index in [1.165, 1.54) is 0 Å². The number of ketones is 3. The van der Waals surface area contributed by atoms with Gasteiger partial charge in [-0.1, -0.05) is 20.8 Å². The smallest absolute Gasteiger partial charge is 0.226 e. The summed E-state index contributed by atoms with van der Waals surface area (Å²) in [7, 11) is 15.7. The third kappa shape index (κ3) is 11.4. The maximum atomic E-state index is 12.7. The van der Waals surface area contributed by atoms with Gasteiger partial charge in [0.15, 0.2) is 0 Å². The van der Waals surface area contributed by atoms with E-state index in [9.17, 15) is 24.0 Å². The van der Waals surface area contributed by atoms with E-state index in [1.54, 1.807) is 20.8 Å². The van der Waals surface area contributed by atoms with Crippen LogP contribution in [0.15, 0.2) is 0 Å². The Kier molecular flexibility index (Phi) is 12.6. The number of carbonyl (C=O) groups excluding carboxylic acids is 5. The van der Waals surface area contributed by atoms with Gasteiger partial charge in [0.1, 0.15) is 17.3 Å². The number of hydrogen-bond acceptors (Lipinski definition) is 5. The Labute approximate surface area is 183 Å². The molecule has 0 fully saturated rings. The molecule has 7 nitrogen and oxygen atoms in total. The van der Waals surface area contributed by atoms with Gasteiger partial charge in [0.25, 0.3) is 0 Å². The van der Waals surface area contributed by atoms with E-state index in [2.05, 4.69) is 0 Å². The molecule has 0 saturated carbocycles. The van der Waals surface area contributed by atoms with Crippen molar-refractivity contribution in [1.82, 2.24) is 10.5 Å². The summed E-state index contributed by atoms with van der Waals surface area (Å²) >= 11 is 0. The lowest BCUT2D eigenvalue weighted by Gasteiger charge is -2.33. The molecule has 0 saturated heterocycles. The van der Waals surface area contributed by atoms with Crippen LogP contribution in [-0.2, 0) is 24.0 Å². The molecule has 160 valence electrons. The maximum Gasteiger partial charge on any atom is 0.226 e. The van der Waals surface area contributed by atoms with Crippen molar-refractivity contribution in [2.75, 3.05) is 0 Å². The first kappa shape index (κ1) is 28.1. The highest BCUT2D eigenvalue weighted by Gasteiger charge is 2.34. The fraction of sp³-hybridized carbons (Fsp3) is 0.750. The first-order valence-corrected chi connectivity index (χ1v) is 10.1. The van der Waals surface area contributed by atoms with Gasteiger partial charge in [0.2, 0.25) is 27.8 Å². The predicted octanol–water partition coefficient (Wildman–Crippen LogP) is 1.22. The molecule has 0 aromatic rings. The van der Waals surface area contributed by atoms with Crippen LogP contribution in [0.3, 0.4) is 0 Å². The SMILES string of the molecule is [B]CC(=O)CCC(CCC(=O)N[B])(CCC(=O)N[B])CC(=O)CCC(=O)C(C)(C)C. The number of nitrogens with one attached hydrogen (secondary N) is 2. The van der Waals surface area contributed by atoms with Crippen molar-refractivity contribution in [3.05, 3.63) is 0 Å². The standard InChI is InChI=1S/C20H31B3N2O5/c1-19(2,3)16(28)5-4-14(26)12-20(9-6-15(27)13-21,10-7-17(29)24-22)11-8-18(30)25-23/h4-13H2,1-3H3,(H,24,29)(H,25,30). The van der Waals surface area contributed by atoms with Crippen LogP contribution in [-0.4, -0.2) is 53.0 Å². The summed E-state index contributed by atoms with van der Waals surface area (Å²) in [6, 6.07) is 0. The number of hydrogen-bond donors (Lipinski definition) is 2. The third-order valence-corrected chi connectivity index (χ3v) is 5.29. The molecule has 0 rings (SSSR count). The molecule has 0 bridgehead atoms. The summed E-state index contributed by atoms with van der Waals surface area (Å²) in [4.78, 5) is 60.1. The quantitative estimate of drug-likeness (QED) is 0.394. The largest absolute Gasteiger partial charge is 0.409 e. The van der Waals surface area contributed by atoms with Crippen LogP contribution in [0.2, 0.25) is 6.32 Å². The molecular formula is C20H31B3N2O5. The third-order valence-electron chi connectivity index (χ3n) is 5.29. The van der Waals surface area contributed by atoms with E-state index in [4.69, 9.17) is 23.8 Å². The summed E-state index contributed by atoms with van der Waals surface area (Å²) in [5, 5.41) is 4.09. The zero-order valence-electron chi connectivity index (χ0n) is 18.3. The number of Topliss-reactive ketones (excluding diaryl/α,β-unsaturated/α-hetero) is 3. The van der Waals surface area contributed by atoms with E-state index < -0.39 is 22.6 Å². The van der Waals surface area contributed by atoms with Gasteiger partial charge in [-0.05, 0) is 31.0 Å². The zero-order valence-corrected chi connectivity index (χ0v) is 18.3. The van der Waals surface area contributed by atoms with Gasteiger partial charge in [-0.25, -0.2) is 0 Å². The average molecular weight is 412 g/mol. The monoisotopic (exact) mass is 412 g/mol. The van der Waals surface area contributed by atoms with Gasteiger partial charge in [0.05, 0.1) is 7.85 Å². The first-order valence-electron chi connectivity index (χ1n) is 10.1. The minimum absolute atomic E-state index is 0.0234. The molecule has 0 atom stereocenters. The first-order chi connectivity index (χ1) is 13.9. The average Bonchev–Trinajstić information content (AvgIpc) is 2.71. The number of carbonyl (C=O) groups is 5. The lowest BCUT2D eigenvalue weighted by atomic mass is 9.70. The van der Waals surface area contributed by atoms with Gasteiger partial charge < -0.3 is 15.3 Å². The molecule has 2 N–H and O–H groups in total. The summed E-state index contributed by atoms with van der Waals surface area (Å²) in [5.74, 6) is -1.19. The highest BCUT2D eigenvalue weighted by atomic mass is 16.2. The minimum Gasteiger partial charge on any atom is -0.409 e. The van der Waals surface area contributed by atoms with Crippen LogP contribution in [0.5, 0.6) is 0 Å². The van der Waals surface area contributed by atoms with Crippen LogP contribution in [0.4, 0.5) is 0 Å².